The van der Waals surface area contributed by atoms with E-state index >= 15 is 0 Å². The summed E-state index contributed by atoms with van der Waals surface area (Å²) >= 11 is 0. The van der Waals surface area contributed by atoms with Crippen LogP contribution in [0, 0.1) is 6.92 Å². The van der Waals surface area contributed by atoms with Crippen molar-refractivity contribution in [1.29, 1.82) is 0 Å². The van der Waals surface area contributed by atoms with Gasteiger partial charge in [0.2, 0.25) is 0 Å². The Kier molecular flexibility index (Phi) is 3.45. The van der Waals surface area contributed by atoms with Crippen LogP contribution in [0.4, 0.5) is 0 Å². The van der Waals surface area contributed by atoms with Gasteiger partial charge in [0.15, 0.2) is 0 Å². The Labute approximate surface area is 101 Å². The molecule has 1 unspecified atom stereocenters. The molecule has 4 heteroatoms. The quantitative estimate of drug-likeness (QED) is 0.868. The fourth-order valence-electron chi connectivity index (χ4n) is 2.16. The molecule has 1 heterocycles. The van der Waals surface area contributed by atoms with Crippen LogP contribution in [0.25, 0.3) is 11.0 Å². The molecule has 1 aromatic heterocycles. The number of nitrogens with zero attached hydrogens (tertiary/aromatic N) is 2. The molecule has 2 aromatic rings. The van der Waals surface area contributed by atoms with E-state index in [2.05, 4.69) is 22.5 Å². The maximum Gasteiger partial charge on any atom is 0.112 e. The first-order chi connectivity index (χ1) is 8.17. The van der Waals surface area contributed by atoms with Crippen LogP contribution in [0.2, 0.25) is 0 Å². The highest BCUT2D eigenvalue weighted by molar-refractivity contribution is 5.79. The van der Waals surface area contributed by atoms with Gasteiger partial charge in [0, 0.05) is 27.1 Å². The molecule has 1 aromatic carbocycles. The van der Waals surface area contributed by atoms with Gasteiger partial charge >= 0.3 is 0 Å². The van der Waals surface area contributed by atoms with Crippen LogP contribution in [0.1, 0.15) is 11.4 Å². The van der Waals surface area contributed by atoms with Crippen molar-refractivity contribution >= 4 is 11.0 Å². The molecule has 0 radical (unpaired) electrons. The maximum absolute atomic E-state index is 5.64. The van der Waals surface area contributed by atoms with Gasteiger partial charge in [-0.3, -0.25) is 0 Å². The fourth-order valence-corrected chi connectivity index (χ4v) is 2.16. The molecule has 0 spiro atoms. The second-order valence-electron chi connectivity index (χ2n) is 4.33. The van der Waals surface area contributed by atoms with Crippen LogP contribution in [0.5, 0.6) is 0 Å². The zero-order valence-corrected chi connectivity index (χ0v) is 10.6. The summed E-state index contributed by atoms with van der Waals surface area (Å²) in [5, 5.41) is 0. The summed E-state index contributed by atoms with van der Waals surface area (Å²) in [6.45, 7) is 2.61. The molecule has 92 valence electrons. The van der Waals surface area contributed by atoms with Crippen LogP contribution >= 0.6 is 0 Å². The summed E-state index contributed by atoms with van der Waals surface area (Å²) in [5.74, 6) is 1.02. The third-order valence-electron chi connectivity index (χ3n) is 3.20. The van der Waals surface area contributed by atoms with Gasteiger partial charge in [-0.25, -0.2) is 4.98 Å². The fraction of sp³-hybridized carbons (Fsp3) is 0.462. The SMILES string of the molecule is COC(CN)Cc1nc2cccc(C)c2n1C. The number of hydrogen-bond donors (Lipinski definition) is 1. The van der Waals surface area contributed by atoms with Gasteiger partial charge in [-0.15, -0.1) is 0 Å². The Morgan fingerprint density at radius 1 is 1.47 bits per heavy atom. The summed E-state index contributed by atoms with van der Waals surface area (Å²) in [7, 11) is 3.73. The minimum absolute atomic E-state index is 0.0332. The van der Waals surface area contributed by atoms with E-state index in [1.165, 1.54) is 11.1 Å². The molecule has 0 saturated heterocycles. The minimum atomic E-state index is 0.0332. The lowest BCUT2D eigenvalue weighted by Gasteiger charge is -2.12. The van der Waals surface area contributed by atoms with E-state index in [0.29, 0.717) is 6.54 Å². The Morgan fingerprint density at radius 2 is 2.24 bits per heavy atom. The number of methoxy groups -OCH3 is 1. The Bertz CT molecular complexity index is 515. The molecule has 0 aliphatic carbocycles. The first-order valence-electron chi connectivity index (χ1n) is 5.81. The third kappa shape index (κ3) is 2.18. The highest BCUT2D eigenvalue weighted by Crippen LogP contribution is 2.19. The van der Waals surface area contributed by atoms with Crippen molar-refractivity contribution in [2.45, 2.75) is 19.4 Å². The first-order valence-corrected chi connectivity index (χ1v) is 5.81. The number of nitrogens with two attached hydrogens (primary N) is 1. The number of aryl methyl sites for hydroxylation is 2. The smallest absolute Gasteiger partial charge is 0.112 e. The van der Waals surface area contributed by atoms with Gasteiger partial charge in [0.25, 0.3) is 0 Å². The Balaban J connectivity index is 2.42. The number of para-hydroxylation sites is 1. The predicted octanol–water partition coefficient (Wildman–Crippen LogP) is 1.40. The average molecular weight is 233 g/mol. The van der Waals surface area contributed by atoms with Gasteiger partial charge in [0.05, 0.1) is 17.1 Å². The molecule has 0 bridgehead atoms. The number of hydrogen-bond acceptors (Lipinski definition) is 3. The van der Waals surface area contributed by atoms with E-state index in [1.807, 2.05) is 19.2 Å². The molecule has 4 nitrogen and oxygen atoms in total. The molecule has 0 saturated carbocycles. The Morgan fingerprint density at radius 3 is 2.82 bits per heavy atom. The molecule has 0 aliphatic heterocycles. The standard InChI is InChI=1S/C13H19N3O/c1-9-5-4-6-11-13(9)16(2)12(15-11)7-10(8-14)17-3/h4-6,10H,7-8,14H2,1-3H3. The van der Waals surface area contributed by atoms with Crippen molar-refractivity contribution in [3.8, 4) is 0 Å². The van der Waals surface area contributed by atoms with Crippen molar-refractivity contribution in [2.24, 2.45) is 12.8 Å². The number of benzene rings is 1. The van der Waals surface area contributed by atoms with Gasteiger partial charge in [-0.2, -0.15) is 0 Å². The van der Waals surface area contributed by atoms with Crippen molar-refractivity contribution in [3.63, 3.8) is 0 Å². The zero-order valence-electron chi connectivity index (χ0n) is 10.6. The van der Waals surface area contributed by atoms with E-state index in [0.717, 1.165) is 17.8 Å². The number of aromatic nitrogens is 2. The summed E-state index contributed by atoms with van der Waals surface area (Å²) in [4.78, 5) is 4.64. The summed E-state index contributed by atoms with van der Waals surface area (Å²) in [5.41, 5.74) is 9.11. The second kappa shape index (κ2) is 4.85. The minimum Gasteiger partial charge on any atom is -0.380 e. The molecular weight excluding hydrogens is 214 g/mol. The maximum atomic E-state index is 5.64. The topological polar surface area (TPSA) is 53.1 Å². The van der Waals surface area contributed by atoms with E-state index in [4.69, 9.17) is 10.5 Å². The molecule has 0 fully saturated rings. The lowest BCUT2D eigenvalue weighted by Crippen LogP contribution is -2.25. The summed E-state index contributed by atoms with van der Waals surface area (Å²) in [6.07, 6.45) is 0.781. The van der Waals surface area contributed by atoms with Crippen LogP contribution in [-0.4, -0.2) is 29.3 Å². The molecule has 1 atom stereocenters. The van der Waals surface area contributed by atoms with E-state index in [9.17, 15) is 0 Å². The van der Waals surface area contributed by atoms with Gasteiger partial charge in [-0.1, -0.05) is 12.1 Å². The number of ether oxygens (including phenoxy) is 1. The molecular formula is C13H19N3O. The highest BCUT2D eigenvalue weighted by atomic mass is 16.5. The summed E-state index contributed by atoms with van der Waals surface area (Å²) in [6, 6.07) is 6.17. The van der Waals surface area contributed by atoms with Crippen LogP contribution in [-0.2, 0) is 18.2 Å². The van der Waals surface area contributed by atoms with Crippen LogP contribution in [0.3, 0.4) is 0 Å². The number of fused-ring (bicyclic) bond motifs is 1. The van der Waals surface area contributed by atoms with Gasteiger partial charge in [0.1, 0.15) is 5.82 Å². The largest absolute Gasteiger partial charge is 0.380 e. The summed E-state index contributed by atoms with van der Waals surface area (Å²) < 4.78 is 7.44. The molecule has 0 amide bonds. The van der Waals surface area contributed by atoms with Crippen molar-refractivity contribution in [3.05, 3.63) is 29.6 Å². The molecule has 0 aliphatic rings. The Hall–Kier alpha value is -1.39. The first kappa shape index (κ1) is 12.1. The van der Waals surface area contributed by atoms with E-state index < -0.39 is 0 Å². The normalized spacial score (nSPS) is 13.2. The molecule has 17 heavy (non-hydrogen) atoms. The monoisotopic (exact) mass is 233 g/mol. The molecule has 2 rings (SSSR count). The van der Waals surface area contributed by atoms with Crippen molar-refractivity contribution < 1.29 is 4.74 Å². The van der Waals surface area contributed by atoms with Crippen molar-refractivity contribution in [1.82, 2.24) is 9.55 Å². The average Bonchev–Trinajstić information content (AvgIpc) is 2.64. The predicted molar refractivity (Wildman–Crippen MR) is 69.0 cm³/mol. The van der Waals surface area contributed by atoms with Gasteiger partial charge < -0.3 is 15.0 Å². The second-order valence-corrected chi connectivity index (χ2v) is 4.33. The van der Waals surface area contributed by atoms with Crippen LogP contribution in [0.15, 0.2) is 18.2 Å². The highest BCUT2D eigenvalue weighted by Gasteiger charge is 2.13. The zero-order chi connectivity index (χ0) is 12.4. The van der Waals surface area contributed by atoms with Gasteiger partial charge in [-0.05, 0) is 18.6 Å². The number of imidazole rings is 1. The lowest BCUT2D eigenvalue weighted by atomic mass is 10.2. The van der Waals surface area contributed by atoms with E-state index in [-0.39, 0.29) is 6.10 Å². The number of rotatable bonds is 4. The molecule has 2 N–H and O–H groups in total. The van der Waals surface area contributed by atoms with Crippen molar-refractivity contribution in [2.75, 3.05) is 13.7 Å². The van der Waals surface area contributed by atoms with E-state index in [1.54, 1.807) is 7.11 Å². The lowest BCUT2D eigenvalue weighted by molar-refractivity contribution is 0.108. The van der Waals surface area contributed by atoms with Crippen LogP contribution < -0.4 is 5.73 Å². The third-order valence-corrected chi connectivity index (χ3v) is 3.20.